The number of nitrogens with one attached hydrogen (secondary N) is 1. The van der Waals surface area contributed by atoms with E-state index in [9.17, 15) is 8.42 Å². The second kappa shape index (κ2) is 12.0. The number of anilines is 1. The monoisotopic (exact) mass is 587 g/mol. The highest BCUT2D eigenvalue weighted by molar-refractivity contribution is 7.92. The van der Waals surface area contributed by atoms with E-state index in [0.717, 1.165) is 23.8 Å². The molecule has 0 radical (unpaired) electrons. The molecular weight excluding hydrogens is 542 g/mol. The minimum Gasteiger partial charge on any atom is -0.491 e. The smallest absolute Gasteiger partial charge is 0.231 e. The molecule has 1 N–H and O–H groups in total. The van der Waals surface area contributed by atoms with Gasteiger partial charge >= 0.3 is 0 Å². The van der Waals surface area contributed by atoms with Crippen molar-refractivity contribution in [2.75, 3.05) is 24.2 Å². The van der Waals surface area contributed by atoms with Crippen LogP contribution in [0.4, 0.5) is 5.69 Å². The Labute approximate surface area is 252 Å². The Bertz CT molecular complexity index is 1420. The fourth-order valence-electron chi connectivity index (χ4n) is 8.10. The van der Waals surface area contributed by atoms with Gasteiger partial charge in [-0.25, -0.2) is 8.42 Å². The van der Waals surface area contributed by atoms with E-state index in [4.69, 9.17) is 4.74 Å². The standard InChI is InChI=1S/C35H45N3O3S/c1-24(2)41-32-19-18-28(37(3)42(4,39)40)22-27(32)23-36-34-30-20-21-38(31-17-11-16-29(30)31)35(34)33(25-12-7-5-8-13-25)26-14-9-6-10-15-26/h5-10,12-15,18-19,22,24,29-31,33-36H,11,16-17,20-21,23H2,1-4H3. The molecule has 6 nitrogen and oxygen atoms in total. The lowest BCUT2D eigenvalue weighted by Gasteiger charge is -2.60. The van der Waals surface area contributed by atoms with Gasteiger partial charge in [0.25, 0.3) is 0 Å². The minimum absolute atomic E-state index is 0.0200. The average molecular weight is 588 g/mol. The van der Waals surface area contributed by atoms with Crippen LogP contribution in [0.2, 0.25) is 0 Å². The Morgan fingerprint density at radius 3 is 2.21 bits per heavy atom. The molecule has 3 aliphatic heterocycles. The normalized spacial score (nSPS) is 26.9. The fraction of sp³-hybridized carbons (Fsp3) is 0.486. The summed E-state index contributed by atoms with van der Waals surface area (Å²) in [5.74, 6) is 2.40. The molecule has 3 heterocycles. The molecule has 42 heavy (non-hydrogen) atoms. The van der Waals surface area contributed by atoms with Gasteiger partial charge in [0.15, 0.2) is 0 Å². The Hall–Kier alpha value is -2.87. The number of fused-ring (bicyclic) bond motifs is 2. The van der Waals surface area contributed by atoms with E-state index in [1.54, 1.807) is 7.05 Å². The predicted octanol–water partition coefficient (Wildman–Crippen LogP) is 6.03. The van der Waals surface area contributed by atoms with E-state index in [0.29, 0.717) is 36.3 Å². The van der Waals surface area contributed by atoms with Gasteiger partial charge in [-0.1, -0.05) is 67.1 Å². The number of sulfonamides is 1. The van der Waals surface area contributed by atoms with Crippen molar-refractivity contribution in [1.82, 2.24) is 10.2 Å². The van der Waals surface area contributed by atoms with Crippen molar-refractivity contribution < 1.29 is 13.2 Å². The predicted molar refractivity (Wildman–Crippen MR) is 171 cm³/mol. The molecular formula is C35H45N3O3S. The van der Waals surface area contributed by atoms with Crippen LogP contribution in [0.25, 0.3) is 0 Å². The molecule has 3 saturated heterocycles. The van der Waals surface area contributed by atoms with Crippen LogP contribution in [0, 0.1) is 11.8 Å². The molecule has 1 aliphatic carbocycles. The van der Waals surface area contributed by atoms with E-state index in [2.05, 4.69) is 70.9 Å². The van der Waals surface area contributed by atoms with Crippen molar-refractivity contribution in [3.8, 4) is 5.75 Å². The van der Waals surface area contributed by atoms with Crippen LogP contribution >= 0.6 is 0 Å². The summed E-state index contributed by atoms with van der Waals surface area (Å²) in [5.41, 5.74) is 4.37. The molecule has 224 valence electrons. The SMILES string of the molecule is CC(C)Oc1ccc(N(C)S(C)(=O)=O)cc1CNC1C2CCN(C3CCCC23)C1C(c1ccccc1)c1ccccc1. The third kappa shape index (κ3) is 5.71. The molecule has 7 rings (SSSR count). The lowest BCUT2D eigenvalue weighted by molar-refractivity contribution is -0.0706. The summed E-state index contributed by atoms with van der Waals surface area (Å²) in [6.45, 7) is 5.83. The number of nitrogens with zero attached hydrogens (tertiary/aromatic N) is 2. The van der Waals surface area contributed by atoms with Crippen LogP contribution in [0.3, 0.4) is 0 Å². The summed E-state index contributed by atoms with van der Waals surface area (Å²) < 4.78 is 32.3. The molecule has 0 aromatic heterocycles. The Morgan fingerprint density at radius 2 is 1.60 bits per heavy atom. The summed E-state index contributed by atoms with van der Waals surface area (Å²) in [4.78, 5) is 2.86. The molecule has 6 atom stereocenters. The van der Waals surface area contributed by atoms with Crippen molar-refractivity contribution in [2.45, 2.75) is 76.2 Å². The molecule has 7 heteroatoms. The highest BCUT2D eigenvalue weighted by Crippen LogP contribution is 2.52. The van der Waals surface area contributed by atoms with Crippen LogP contribution in [0.1, 0.15) is 62.1 Å². The van der Waals surface area contributed by atoms with Gasteiger partial charge in [-0.2, -0.15) is 0 Å². The molecule has 2 bridgehead atoms. The first-order valence-corrected chi connectivity index (χ1v) is 17.4. The number of benzene rings is 3. The highest BCUT2D eigenvalue weighted by atomic mass is 32.2. The third-order valence-corrected chi connectivity index (χ3v) is 11.1. The lowest BCUT2D eigenvalue weighted by atomic mass is 9.64. The number of piperidine rings is 3. The summed E-state index contributed by atoms with van der Waals surface area (Å²) in [6, 6.07) is 29.1. The first-order valence-electron chi connectivity index (χ1n) is 15.5. The quantitative estimate of drug-likeness (QED) is 0.314. The molecule has 6 unspecified atom stereocenters. The molecule has 4 aliphatic rings. The van der Waals surface area contributed by atoms with E-state index in [-0.39, 0.29) is 12.0 Å². The van der Waals surface area contributed by atoms with Gasteiger partial charge in [0.2, 0.25) is 10.0 Å². The maximum atomic E-state index is 12.4. The maximum absolute atomic E-state index is 12.4. The summed E-state index contributed by atoms with van der Waals surface area (Å²) in [7, 11) is -1.77. The van der Waals surface area contributed by atoms with Gasteiger partial charge in [0, 0.05) is 43.2 Å². The van der Waals surface area contributed by atoms with Gasteiger partial charge in [0.1, 0.15) is 5.75 Å². The number of ether oxygens (including phenoxy) is 1. The van der Waals surface area contributed by atoms with E-state index >= 15 is 0 Å². The summed E-state index contributed by atoms with van der Waals surface area (Å²) in [6.07, 6.45) is 6.41. The Balaban J connectivity index is 1.39. The first kappa shape index (κ1) is 29.2. The van der Waals surface area contributed by atoms with Gasteiger partial charge in [0.05, 0.1) is 18.0 Å². The Kier molecular flexibility index (Phi) is 8.36. The van der Waals surface area contributed by atoms with Gasteiger partial charge in [-0.3, -0.25) is 9.21 Å². The van der Waals surface area contributed by atoms with Crippen molar-refractivity contribution in [2.24, 2.45) is 11.8 Å². The van der Waals surface area contributed by atoms with Crippen LogP contribution in [0.15, 0.2) is 78.9 Å². The molecule has 4 fully saturated rings. The van der Waals surface area contributed by atoms with E-state index < -0.39 is 10.0 Å². The topological polar surface area (TPSA) is 61.9 Å². The number of rotatable bonds is 10. The van der Waals surface area contributed by atoms with E-state index in [1.165, 1.54) is 47.4 Å². The molecule has 3 aromatic carbocycles. The average Bonchev–Trinajstić information content (AvgIpc) is 3.49. The maximum Gasteiger partial charge on any atom is 0.231 e. The second-order valence-electron chi connectivity index (χ2n) is 12.7. The van der Waals surface area contributed by atoms with Crippen LogP contribution in [-0.4, -0.2) is 57.4 Å². The van der Waals surface area contributed by atoms with Crippen molar-refractivity contribution in [3.05, 3.63) is 95.6 Å². The number of hydrogen-bond acceptors (Lipinski definition) is 5. The third-order valence-electron chi connectivity index (χ3n) is 9.90. The zero-order chi connectivity index (χ0) is 29.4. The van der Waals surface area contributed by atoms with E-state index in [1.807, 2.05) is 32.0 Å². The molecule has 0 spiro atoms. The number of hydrogen-bond donors (Lipinski definition) is 1. The van der Waals surface area contributed by atoms with Crippen LogP contribution in [-0.2, 0) is 16.6 Å². The second-order valence-corrected chi connectivity index (χ2v) is 14.8. The zero-order valence-electron chi connectivity index (χ0n) is 25.3. The first-order chi connectivity index (χ1) is 20.2. The zero-order valence-corrected chi connectivity index (χ0v) is 26.1. The van der Waals surface area contributed by atoms with Crippen molar-refractivity contribution in [3.63, 3.8) is 0 Å². The van der Waals surface area contributed by atoms with Crippen LogP contribution < -0.4 is 14.4 Å². The highest BCUT2D eigenvalue weighted by Gasteiger charge is 2.55. The largest absolute Gasteiger partial charge is 0.491 e. The minimum atomic E-state index is -3.38. The molecule has 1 saturated carbocycles. The van der Waals surface area contributed by atoms with Gasteiger partial charge < -0.3 is 10.1 Å². The van der Waals surface area contributed by atoms with Crippen molar-refractivity contribution >= 4 is 15.7 Å². The lowest BCUT2D eigenvalue weighted by Crippen LogP contribution is -2.69. The molecule has 0 amide bonds. The fourth-order valence-corrected chi connectivity index (χ4v) is 8.60. The molecule has 3 aromatic rings. The van der Waals surface area contributed by atoms with Crippen molar-refractivity contribution in [1.29, 1.82) is 0 Å². The van der Waals surface area contributed by atoms with Crippen LogP contribution in [0.5, 0.6) is 5.75 Å². The summed E-state index contributed by atoms with van der Waals surface area (Å²) >= 11 is 0. The summed E-state index contributed by atoms with van der Waals surface area (Å²) in [5, 5.41) is 4.08. The van der Waals surface area contributed by atoms with Gasteiger partial charge in [-0.05, 0) is 80.8 Å². The Morgan fingerprint density at radius 1 is 0.929 bits per heavy atom. The van der Waals surface area contributed by atoms with Gasteiger partial charge in [-0.15, -0.1) is 0 Å².